The minimum Gasteiger partial charge on any atom is -0.480 e. The Labute approximate surface area is 157 Å². The van der Waals surface area contributed by atoms with Crippen LogP contribution < -0.4 is 11.1 Å². The molecular formula is C19H22N4O4. The van der Waals surface area contributed by atoms with Crippen LogP contribution in [0.25, 0.3) is 11.3 Å². The molecule has 27 heavy (non-hydrogen) atoms. The molecule has 8 nitrogen and oxygen atoms in total. The summed E-state index contributed by atoms with van der Waals surface area (Å²) in [7, 11) is 0. The normalized spacial score (nSPS) is 11.5. The average molecular weight is 370 g/mol. The fourth-order valence-electron chi connectivity index (χ4n) is 2.60. The highest BCUT2D eigenvalue weighted by molar-refractivity contribution is 6.03. The van der Waals surface area contributed by atoms with E-state index in [0.717, 1.165) is 5.56 Å². The lowest BCUT2D eigenvalue weighted by molar-refractivity contribution is -0.141. The third-order valence-electron chi connectivity index (χ3n) is 4.08. The number of aliphatic carboxylic acids is 1. The Morgan fingerprint density at radius 2 is 1.89 bits per heavy atom. The van der Waals surface area contributed by atoms with E-state index in [1.165, 1.54) is 31.0 Å². The summed E-state index contributed by atoms with van der Waals surface area (Å²) in [5, 5.41) is 11.9. The van der Waals surface area contributed by atoms with Crippen LogP contribution in [0, 0.1) is 0 Å². The first-order chi connectivity index (χ1) is 12.8. The summed E-state index contributed by atoms with van der Waals surface area (Å²) in [6.07, 6.45) is 1.46. The molecule has 4 N–H and O–H groups in total. The number of anilines is 1. The summed E-state index contributed by atoms with van der Waals surface area (Å²) < 4.78 is 0. The maximum atomic E-state index is 13.0. The molecule has 0 radical (unpaired) electrons. The Kier molecular flexibility index (Phi) is 6.48. The maximum Gasteiger partial charge on any atom is 0.326 e. The molecule has 0 fully saturated rings. The first kappa shape index (κ1) is 19.9. The van der Waals surface area contributed by atoms with Gasteiger partial charge in [0.05, 0.1) is 16.9 Å². The molecule has 2 aromatic rings. The number of carbonyl (C=O) groups excluding carboxylic acids is 2. The molecule has 1 aromatic heterocycles. The van der Waals surface area contributed by atoms with E-state index in [1.54, 1.807) is 0 Å². The molecule has 1 unspecified atom stereocenters. The van der Waals surface area contributed by atoms with Crippen LogP contribution in [0.3, 0.4) is 0 Å². The number of rotatable bonds is 7. The van der Waals surface area contributed by atoms with E-state index in [4.69, 9.17) is 5.73 Å². The van der Waals surface area contributed by atoms with Gasteiger partial charge in [0.15, 0.2) is 0 Å². The topological polar surface area (TPSA) is 126 Å². The van der Waals surface area contributed by atoms with Gasteiger partial charge in [-0.25, -0.2) is 4.79 Å². The summed E-state index contributed by atoms with van der Waals surface area (Å²) >= 11 is 0. The number of nitrogens with zero attached hydrogens (tertiary/aromatic N) is 2. The van der Waals surface area contributed by atoms with Gasteiger partial charge >= 0.3 is 5.97 Å². The molecule has 142 valence electrons. The average Bonchev–Trinajstić information content (AvgIpc) is 2.65. The SMILES string of the molecule is CC(=O)NCCN(C(=O)c1ccnc(-c2ccccc2)c1N)C(C)C(=O)O. The number of amides is 2. The van der Waals surface area contributed by atoms with Gasteiger partial charge in [0.25, 0.3) is 5.91 Å². The largest absolute Gasteiger partial charge is 0.480 e. The second-order valence-electron chi connectivity index (χ2n) is 5.98. The van der Waals surface area contributed by atoms with Crippen LogP contribution in [0.4, 0.5) is 5.69 Å². The van der Waals surface area contributed by atoms with Gasteiger partial charge in [0.1, 0.15) is 6.04 Å². The summed E-state index contributed by atoms with van der Waals surface area (Å²) in [5.74, 6) is -1.95. The third-order valence-corrected chi connectivity index (χ3v) is 4.08. The zero-order valence-electron chi connectivity index (χ0n) is 15.2. The van der Waals surface area contributed by atoms with Crippen LogP contribution in [0.15, 0.2) is 42.6 Å². The van der Waals surface area contributed by atoms with Crippen LogP contribution in [-0.2, 0) is 9.59 Å². The van der Waals surface area contributed by atoms with E-state index in [-0.39, 0.29) is 30.2 Å². The number of hydrogen-bond acceptors (Lipinski definition) is 5. The maximum absolute atomic E-state index is 13.0. The van der Waals surface area contributed by atoms with E-state index >= 15 is 0 Å². The molecule has 0 aliphatic heterocycles. The minimum absolute atomic E-state index is 0.0360. The van der Waals surface area contributed by atoms with Gasteiger partial charge in [0.2, 0.25) is 5.91 Å². The number of pyridine rings is 1. The minimum atomic E-state index is -1.15. The van der Waals surface area contributed by atoms with Crippen molar-refractivity contribution in [2.75, 3.05) is 18.8 Å². The molecule has 2 amide bonds. The molecule has 0 spiro atoms. The lowest BCUT2D eigenvalue weighted by Crippen LogP contribution is -2.47. The Bertz CT molecular complexity index is 839. The molecule has 2 rings (SSSR count). The quantitative estimate of drug-likeness (QED) is 0.676. The fourth-order valence-corrected chi connectivity index (χ4v) is 2.60. The second kappa shape index (κ2) is 8.79. The van der Waals surface area contributed by atoms with Crippen molar-refractivity contribution in [2.45, 2.75) is 19.9 Å². The number of nitrogens with one attached hydrogen (secondary N) is 1. The van der Waals surface area contributed by atoms with Crippen LogP contribution in [0.2, 0.25) is 0 Å². The van der Waals surface area contributed by atoms with Gasteiger partial charge in [0, 0.05) is 31.8 Å². The van der Waals surface area contributed by atoms with Gasteiger partial charge in [-0.2, -0.15) is 0 Å². The number of carbonyl (C=O) groups is 3. The molecule has 0 saturated heterocycles. The number of nitrogen functional groups attached to an aromatic ring is 1. The number of nitrogens with two attached hydrogens (primary N) is 1. The highest BCUT2D eigenvalue weighted by Crippen LogP contribution is 2.27. The summed E-state index contributed by atoms with van der Waals surface area (Å²) in [4.78, 5) is 40.9. The predicted octanol–water partition coefficient (Wildman–Crippen LogP) is 1.38. The van der Waals surface area contributed by atoms with Crippen molar-refractivity contribution in [1.29, 1.82) is 0 Å². The molecule has 0 aliphatic carbocycles. The summed E-state index contributed by atoms with van der Waals surface area (Å²) in [6.45, 7) is 2.92. The number of carboxylic acid groups (broad SMARTS) is 1. The fraction of sp³-hybridized carbons (Fsp3) is 0.263. The Morgan fingerprint density at radius 1 is 1.22 bits per heavy atom. The lowest BCUT2D eigenvalue weighted by atomic mass is 10.0. The van der Waals surface area contributed by atoms with Gasteiger partial charge in [-0.1, -0.05) is 30.3 Å². The van der Waals surface area contributed by atoms with E-state index in [1.807, 2.05) is 30.3 Å². The van der Waals surface area contributed by atoms with Crippen LogP contribution in [0.1, 0.15) is 24.2 Å². The number of benzene rings is 1. The summed E-state index contributed by atoms with van der Waals surface area (Å²) in [5.41, 5.74) is 7.72. The summed E-state index contributed by atoms with van der Waals surface area (Å²) in [6, 6.07) is 9.53. The van der Waals surface area contributed by atoms with E-state index in [0.29, 0.717) is 5.69 Å². The van der Waals surface area contributed by atoms with Crippen LogP contribution in [0.5, 0.6) is 0 Å². The van der Waals surface area contributed by atoms with E-state index in [2.05, 4.69) is 10.3 Å². The van der Waals surface area contributed by atoms with Crippen molar-refractivity contribution >= 4 is 23.5 Å². The van der Waals surface area contributed by atoms with Crippen LogP contribution in [-0.4, -0.2) is 51.9 Å². The van der Waals surface area contributed by atoms with Crippen molar-refractivity contribution in [3.8, 4) is 11.3 Å². The molecule has 1 heterocycles. The zero-order chi connectivity index (χ0) is 20.0. The lowest BCUT2D eigenvalue weighted by Gasteiger charge is -2.27. The zero-order valence-corrected chi connectivity index (χ0v) is 15.2. The van der Waals surface area contributed by atoms with Crippen molar-refractivity contribution in [3.05, 3.63) is 48.2 Å². The van der Waals surface area contributed by atoms with Crippen LogP contribution >= 0.6 is 0 Å². The number of carboxylic acids is 1. The van der Waals surface area contributed by atoms with E-state index < -0.39 is 17.9 Å². The highest BCUT2D eigenvalue weighted by atomic mass is 16.4. The van der Waals surface area contributed by atoms with Gasteiger partial charge < -0.3 is 21.1 Å². The van der Waals surface area contributed by atoms with E-state index in [9.17, 15) is 19.5 Å². The highest BCUT2D eigenvalue weighted by Gasteiger charge is 2.28. The first-order valence-electron chi connectivity index (χ1n) is 8.41. The second-order valence-corrected chi connectivity index (χ2v) is 5.98. The number of hydrogen-bond donors (Lipinski definition) is 3. The van der Waals surface area contributed by atoms with Gasteiger partial charge in [-0.15, -0.1) is 0 Å². The third kappa shape index (κ3) is 4.81. The van der Waals surface area contributed by atoms with Crippen molar-refractivity contribution in [1.82, 2.24) is 15.2 Å². The Balaban J connectivity index is 2.36. The standard InChI is InChI=1S/C19H22N4O4/c1-12(19(26)27)23(11-10-21-13(2)24)18(25)15-8-9-22-17(16(15)20)14-6-4-3-5-7-14/h3-9,12H,10-11,20H2,1-2H3,(H,21,24)(H,26,27). The smallest absolute Gasteiger partial charge is 0.326 e. The molecular weight excluding hydrogens is 348 g/mol. The van der Waals surface area contributed by atoms with Crippen molar-refractivity contribution < 1.29 is 19.5 Å². The Hall–Kier alpha value is -3.42. The molecule has 0 bridgehead atoms. The van der Waals surface area contributed by atoms with Gasteiger partial charge in [-0.05, 0) is 13.0 Å². The van der Waals surface area contributed by atoms with Gasteiger partial charge in [-0.3, -0.25) is 14.6 Å². The molecule has 1 aromatic carbocycles. The van der Waals surface area contributed by atoms with Crippen molar-refractivity contribution in [3.63, 3.8) is 0 Å². The van der Waals surface area contributed by atoms with Crippen molar-refractivity contribution in [2.24, 2.45) is 0 Å². The predicted molar refractivity (Wildman–Crippen MR) is 101 cm³/mol. The first-order valence-corrected chi connectivity index (χ1v) is 8.41. The molecule has 0 aliphatic rings. The Morgan fingerprint density at radius 3 is 2.48 bits per heavy atom. The molecule has 8 heteroatoms. The molecule has 0 saturated carbocycles. The molecule has 1 atom stereocenters. The monoisotopic (exact) mass is 370 g/mol. The number of aromatic nitrogens is 1.